The van der Waals surface area contributed by atoms with Crippen LogP contribution in [0.3, 0.4) is 0 Å². The van der Waals surface area contributed by atoms with Crippen molar-refractivity contribution in [3.05, 3.63) is 35.9 Å². The number of benzene rings is 1. The van der Waals surface area contributed by atoms with Gasteiger partial charge < -0.3 is 10.5 Å². The van der Waals surface area contributed by atoms with Crippen molar-refractivity contribution >= 4 is 0 Å². The van der Waals surface area contributed by atoms with E-state index in [0.29, 0.717) is 17.9 Å². The molecular formula is C14H21NO. The van der Waals surface area contributed by atoms with Crippen LogP contribution < -0.4 is 5.73 Å². The molecule has 0 saturated heterocycles. The maximum atomic E-state index is 6.17. The highest BCUT2D eigenvalue weighted by molar-refractivity contribution is 5.26. The minimum absolute atomic E-state index is 0.303. The van der Waals surface area contributed by atoms with Gasteiger partial charge in [-0.1, -0.05) is 30.3 Å². The maximum Gasteiger partial charge on any atom is 0.0480 e. The van der Waals surface area contributed by atoms with E-state index < -0.39 is 0 Å². The molecule has 0 bridgehead atoms. The van der Waals surface area contributed by atoms with Gasteiger partial charge in [0.15, 0.2) is 0 Å². The molecule has 16 heavy (non-hydrogen) atoms. The van der Waals surface area contributed by atoms with Crippen LogP contribution in [0.4, 0.5) is 0 Å². The van der Waals surface area contributed by atoms with Crippen molar-refractivity contribution < 1.29 is 4.74 Å². The van der Waals surface area contributed by atoms with E-state index in [4.69, 9.17) is 10.5 Å². The third kappa shape index (κ3) is 2.83. The van der Waals surface area contributed by atoms with Crippen molar-refractivity contribution in [2.45, 2.75) is 31.7 Å². The zero-order chi connectivity index (χ0) is 11.4. The SMILES string of the molecule is CCOCCC(N)C1CC1c1ccccc1. The first-order valence-electron chi connectivity index (χ1n) is 6.21. The molecule has 0 radical (unpaired) electrons. The Morgan fingerprint density at radius 2 is 2.12 bits per heavy atom. The van der Waals surface area contributed by atoms with Crippen LogP contribution in [-0.4, -0.2) is 19.3 Å². The van der Waals surface area contributed by atoms with Crippen molar-refractivity contribution in [3.63, 3.8) is 0 Å². The second kappa shape index (κ2) is 5.46. The molecule has 88 valence electrons. The average Bonchev–Trinajstić information content (AvgIpc) is 3.10. The molecule has 1 saturated carbocycles. The fourth-order valence-corrected chi connectivity index (χ4v) is 2.35. The van der Waals surface area contributed by atoms with Crippen molar-refractivity contribution in [2.75, 3.05) is 13.2 Å². The zero-order valence-electron chi connectivity index (χ0n) is 9.93. The Morgan fingerprint density at radius 1 is 1.38 bits per heavy atom. The summed E-state index contributed by atoms with van der Waals surface area (Å²) in [5.74, 6) is 1.36. The predicted molar refractivity (Wildman–Crippen MR) is 66.4 cm³/mol. The third-order valence-electron chi connectivity index (χ3n) is 3.42. The second-order valence-electron chi connectivity index (χ2n) is 4.57. The molecule has 0 aliphatic heterocycles. The van der Waals surface area contributed by atoms with Crippen LogP contribution in [0.5, 0.6) is 0 Å². The Balaban J connectivity index is 1.78. The molecule has 0 spiro atoms. The van der Waals surface area contributed by atoms with E-state index in [1.165, 1.54) is 12.0 Å². The van der Waals surface area contributed by atoms with Crippen LogP contribution in [0.2, 0.25) is 0 Å². The smallest absolute Gasteiger partial charge is 0.0480 e. The van der Waals surface area contributed by atoms with Crippen molar-refractivity contribution in [1.82, 2.24) is 0 Å². The lowest BCUT2D eigenvalue weighted by Gasteiger charge is -2.11. The lowest BCUT2D eigenvalue weighted by Crippen LogP contribution is -2.25. The Kier molecular flexibility index (Phi) is 3.97. The molecule has 2 rings (SSSR count). The van der Waals surface area contributed by atoms with Crippen LogP contribution >= 0.6 is 0 Å². The van der Waals surface area contributed by atoms with E-state index in [9.17, 15) is 0 Å². The summed E-state index contributed by atoms with van der Waals surface area (Å²) in [7, 11) is 0. The molecule has 2 nitrogen and oxygen atoms in total. The lowest BCUT2D eigenvalue weighted by atomic mass is 10.0. The largest absolute Gasteiger partial charge is 0.382 e. The third-order valence-corrected chi connectivity index (χ3v) is 3.42. The summed E-state index contributed by atoms with van der Waals surface area (Å²) >= 11 is 0. The van der Waals surface area contributed by atoms with Crippen molar-refractivity contribution in [1.29, 1.82) is 0 Å². The fourth-order valence-electron chi connectivity index (χ4n) is 2.35. The van der Waals surface area contributed by atoms with E-state index in [0.717, 1.165) is 19.6 Å². The molecule has 2 N–H and O–H groups in total. The van der Waals surface area contributed by atoms with Gasteiger partial charge in [0.25, 0.3) is 0 Å². The van der Waals surface area contributed by atoms with Gasteiger partial charge in [0.1, 0.15) is 0 Å². The second-order valence-corrected chi connectivity index (χ2v) is 4.57. The number of rotatable bonds is 6. The Labute approximate surface area is 97.8 Å². The number of hydrogen-bond acceptors (Lipinski definition) is 2. The lowest BCUT2D eigenvalue weighted by molar-refractivity contribution is 0.138. The van der Waals surface area contributed by atoms with Gasteiger partial charge in [-0.3, -0.25) is 0 Å². The number of ether oxygens (including phenoxy) is 1. The monoisotopic (exact) mass is 219 g/mol. The van der Waals surface area contributed by atoms with E-state index in [1.807, 2.05) is 6.92 Å². The first-order chi connectivity index (χ1) is 7.83. The quantitative estimate of drug-likeness (QED) is 0.746. The molecule has 2 heteroatoms. The highest BCUT2D eigenvalue weighted by Crippen LogP contribution is 2.49. The molecule has 1 fully saturated rings. The molecule has 1 aromatic carbocycles. The van der Waals surface area contributed by atoms with Gasteiger partial charge in [-0.15, -0.1) is 0 Å². The Morgan fingerprint density at radius 3 is 2.81 bits per heavy atom. The van der Waals surface area contributed by atoms with E-state index >= 15 is 0 Å². The minimum atomic E-state index is 0.303. The fraction of sp³-hybridized carbons (Fsp3) is 0.571. The van der Waals surface area contributed by atoms with Gasteiger partial charge in [0.05, 0.1) is 0 Å². The molecule has 0 heterocycles. The van der Waals surface area contributed by atoms with E-state index in [-0.39, 0.29) is 0 Å². The molecular weight excluding hydrogens is 198 g/mol. The Hall–Kier alpha value is -0.860. The number of hydrogen-bond donors (Lipinski definition) is 1. The van der Waals surface area contributed by atoms with Gasteiger partial charge in [0.2, 0.25) is 0 Å². The summed E-state index contributed by atoms with van der Waals surface area (Å²) in [6, 6.07) is 11.0. The molecule has 0 amide bonds. The highest BCUT2D eigenvalue weighted by atomic mass is 16.5. The van der Waals surface area contributed by atoms with Gasteiger partial charge in [-0.05, 0) is 37.2 Å². The molecule has 1 aromatic rings. The average molecular weight is 219 g/mol. The summed E-state index contributed by atoms with van der Waals surface area (Å²) in [4.78, 5) is 0. The molecule has 3 unspecified atom stereocenters. The normalized spacial score (nSPS) is 25.4. The van der Waals surface area contributed by atoms with Crippen LogP contribution in [0.25, 0.3) is 0 Å². The predicted octanol–water partition coefficient (Wildman–Crippen LogP) is 2.54. The summed E-state index contributed by atoms with van der Waals surface area (Å²) in [6.07, 6.45) is 2.24. The van der Waals surface area contributed by atoms with Gasteiger partial charge in [0, 0.05) is 19.3 Å². The van der Waals surface area contributed by atoms with Crippen LogP contribution in [-0.2, 0) is 4.74 Å². The molecule has 1 aliphatic carbocycles. The van der Waals surface area contributed by atoms with E-state index in [2.05, 4.69) is 30.3 Å². The topological polar surface area (TPSA) is 35.2 Å². The van der Waals surface area contributed by atoms with Gasteiger partial charge in [-0.25, -0.2) is 0 Å². The van der Waals surface area contributed by atoms with Crippen LogP contribution in [0.1, 0.15) is 31.2 Å². The van der Waals surface area contributed by atoms with Crippen molar-refractivity contribution in [2.24, 2.45) is 11.7 Å². The molecule has 3 atom stereocenters. The number of nitrogens with two attached hydrogens (primary N) is 1. The highest BCUT2D eigenvalue weighted by Gasteiger charge is 2.41. The zero-order valence-corrected chi connectivity index (χ0v) is 9.93. The van der Waals surface area contributed by atoms with Gasteiger partial charge >= 0.3 is 0 Å². The van der Waals surface area contributed by atoms with Crippen molar-refractivity contribution in [3.8, 4) is 0 Å². The summed E-state index contributed by atoms with van der Waals surface area (Å²) in [6.45, 7) is 3.62. The Bertz CT molecular complexity index is 312. The minimum Gasteiger partial charge on any atom is -0.382 e. The maximum absolute atomic E-state index is 6.17. The van der Waals surface area contributed by atoms with Crippen LogP contribution in [0.15, 0.2) is 30.3 Å². The summed E-state index contributed by atoms with van der Waals surface area (Å²) in [5, 5.41) is 0. The summed E-state index contributed by atoms with van der Waals surface area (Å²) < 4.78 is 5.34. The van der Waals surface area contributed by atoms with E-state index in [1.54, 1.807) is 0 Å². The summed E-state index contributed by atoms with van der Waals surface area (Å²) in [5.41, 5.74) is 7.61. The first kappa shape index (κ1) is 11.6. The molecule has 0 aromatic heterocycles. The first-order valence-corrected chi connectivity index (χ1v) is 6.21. The molecule has 1 aliphatic rings. The van der Waals surface area contributed by atoms with Crippen LogP contribution in [0, 0.1) is 5.92 Å². The van der Waals surface area contributed by atoms with Gasteiger partial charge in [-0.2, -0.15) is 0 Å². The standard InChI is InChI=1S/C14H21NO/c1-2-16-9-8-14(15)13-10-12(13)11-6-4-3-5-7-11/h3-7,12-14H,2,8-10,15H2,1H3.